The van der Waals surface area contributed by atoms with Crippen molar-refractivity contribution in [2.24, 2.45) is 0 Å². The molecule has 2 rings (SSSR count). The standard InChI is InChI=1S/C12H9Br2N3O2/c13-9-1-3-11(17(18)19)8(5-9)6-15-10-2-4-12(14)16-7-10/h1-5,7,15H,6H2. The van der Waals surface area contributed by atoms with Crippen LogP contribution >= 0.6 is 31.9 Å². The molecule has 0 aliphatic heterocycles. The van der Waals surface area contributed by atoms with Gasteiger partial charge in [-0.15, -0.1) is 0 Å². The lowest BCUT2D eigenvalue weighted by Crippen LogP contribution is -2.03. The van der Waals surface area contributed by atoms with Crippen LogP contribution in [0.5, 0.6) is 0 Å². The van der Waals surface area contributed by atoms with Gasteiger partial charge in [0.25, 0.3) is 5.69 Å². The van der Waals surface area contributed by atoms with Gasteiger partial charge in [-0.3, -0.25) is 10.1 Å². The molecular weight excluding hydrogens is 378 g/mol. The molecule has 1 heterocycles. The van der Waals surface area contributed by atoms with Gasteiger partial charge in [0.15, 0.2) is 0 Å². The van der Waals surface area contributed by atoms with E-state index in [1.165, 1.54) is 6.07 Å². The predicted octanol–water partition coefficient (Wildman–Crippen LogP) is 4.13. The summed E-state index contributed by atoms with van der Waals surface area (Å²) >= 11 is 6.56. The van der Waals surface area contributed by atoms with E-state index < -0.39 is 0 Å². The Kier molecular flexibility index (Phi) is 4.49. The summed E-state index contributed by atoms with van der Waals surface area (Å²) in [6.07, 6.45) is 1.66. The van der Waals surface area contributed by atoms with Gasteiger partial charge >= 0.3 is 0 Å². The van der Waals surface area contributed by atoms with Gasteiger partial charge in [0.2, 0.25) is 0 Å². The quantitative estimate of drug-likeness (QED) is 0.487. The first kappa shape index (κ1) is 14.0. The minimum absolute atomic E-state index is 0.0979. The molecule has 1 aromatic heterocycles. The van der Waals surface area contributed by atoms with Gasteiger partial charge in [0.1, 0.15) is 4.60 Å². The van der Waals surface area contributed by atoms with Crippen LogP contribution in [0.1, 0.15) is 5.56 Å². The van der Waals surface area contributed by atoms with E-state index in [9.17, 15) is 10.1 Å². The summed E-state index contributed by atoms with van der Waals surface area (Å²) in [5, 5.41) is 14.0. The molecule has 0 unspecified atom stereocenters. The Hall–Kier alpha value is -1.47. The number of anilines is 1. The Morgan fingerprint density at radius 1 is 1.26 bits per heavy atom. The second kappa shape index (κ2) is 6.12. The van der Waals surface area contributed by atoms with Crippen LogP contribution in [0, 0.1) is 10.1 Å². The van der Waals surface area contributed by atoms with Crippen molar-refractivity contribution < 1.29 is 4.92 Å². The molecule has 0 fully saturated rings. The predicted molar refractivity (Wildman–Crippen MR) is 80.1 cm³/mol. The van der Waals surface area contributed by atoms with E-state index in [2.05, 4.69) is 42.2 Å². The van der Waals surface area contributed by atoms with Crippen molar-refractivity contribution in [3.8, 4) is 0 Å². The topological polar surface area (TPSA) is 68.1 Å². The van der Waals surface area contributed by atoms with Gasteiger partial charge < -0.3 is 5.32 Å². The van der Waals surface area contributed by atoms with Crippen molar-refractivity contribution in [2.75, 3.05) is 5.32 Å². The Balaban J connectivity index is 2.16. The third kappa shape index (κ3) is 3.74. The van der Waals surface area contributed by atoms with E-state index in [4.69, 9.17) is 0 Å². The summed E-state index contributed by atoms with van der Waals surface area (Å²) in [7, 11) is 0. The third-order valence-electron chi connectivity index (χ3n) is 2.45. The van der Waals surface area contributed by atoms with Crippen LogP contribution < -0.4 is 5.32 Å². The lowest BCUT2D eigenvalue weighted by atomic mass is 10.2. The van der Waals surface area contributed by atoms with E-state index in [0.29, 0.717) is 12.1 Å². The summed E-state index contributed by atoms with van der Waals surface area (Å²) in [5.74, 6) is 0. The molecule has 0 saturated heterocycles. The minimum Gasteiger partial charge on any atom is -0.379 e. The first-order chi connectivity index (χ1) is 9.06. The van der Waals surface area contributed by atoms with Crippen LogP contribution in [0.2, 0.25) is 0 Å². The molecule has 5 nitrogen and oxygen atoms in total. The van der Waals surface area contributed by atoms with Gasteiger partial charge in [-0.2, -0.15) is 0 Å². The fourth-order valence-corrected chi connectivity index (χ4v) is 2.19. The van der Waals surface area contributed by atoms with Crippen LogP contribution in [0.3, 0.4) is 0 Å². The maximum atomic E-state index is 10.9. The number of hydrogen-bond donors (Lipinski definition) is 1. The number of nitrogens with one attached hydrogen (secondary N) is 1. The van der Waals surface area contributed by atoms with Crippen molar-refractivity contribution in [3.05, 3.63) is 61.3 Å². The third-order valence-corrected chi connectivity index (χ3v) is 3.41. The molecule has 0 spiro atoms. The zero-order chi connectivity index (χ0) is 13.8. The molecule has 7 heteroatoms. The zero-order valence-electron chi connectivity index (χ0n) is 9.64. The monoisotopic (exact) mass is 385 g/mol. The van der Waals surface area contributed by atoms with Gasteiger partial charge in [-0.1, -0.05) is 15.9 Å². The van der Waals surface area contributed by atoms with E-state index in [1.807, 2.05) is 6.07 Å². The normalized spacial score (nSPS) is 10.2. The highest BCUT2D eigenvalue weighted by molar-refractivity contribution is 9.10. The number of benzene rings is 1. The number of rotatable bonds is 4. The average molecular weight is 387 g/mol. The highest BCUT2D eigenvalue weighted by Crippen LogP contribution is 2.24. The second-order valence-corrected chi connectivity index (χ2v) is 5.48. The molecular formula is C12H9Br2N3O2. The number of pyridine rings is 1. The molecule has 0 aliphatic rings. The first-order valence-electron chi connectivity index (χ1n) is 5.34. The second-order valence-electron chi connectivity index (χ2n) is 3.75. The Morgan fingerprint density at radius 3 is 2.68 bits per heavy atom. The largest absolute Gasteiger partial charge is 0.379 e. The molecule has 2 aromatic rings. The number of nitro groups is 1. The molecule has 0 radical (unpaired) electrons. The Morgan fingerprint density at radius 2 is 2.05 bits per heavy atom. The highest BCUT2D eigenvalue weighted by Gasteiger charge is 2.13. The number of nitrogens with zero attached hydrogens (tertiary/aromatic N) is 2. The van der Waals surface area contributed by atoms with E-state index in [0.717, 1.165) is 14.8 Å². The van der Waals surface area contributed by atoms with Crippen molar-refractivity contribution in [1.82, 2.24) is 4.98 Å². The van der Waals surface area contributed by atoms with Gasteiger partial charge in [-0.05, 0) is 40.2 Å². The SMILES string of the molecule is O=[N+]([O-])c1ccc(Br)cc1CNc1ccc(Br)nc1. The summed E-state index contributed by atoms with van der Waals surface area (Å²) in [6, 6.07) is 8.53. The van der Waals surface area contributed by atoms with Crippen molar-refractivity contribution in [3.63, 3.8) is 0 Å². The smallest absolute Gasteiger partial charge is 0.274 e. The highest BCUT2D eigenvalue weighted by atomic mass is 79.9. The van der Waals surface area contributed by atoms with Gasteiger partial charge in [0, 0.05) is 22.6 Å². The van der Waals surface area contributed by atoms with Crippen LogP contribution in [0.4, 0.5) is 11.4 Å². The summed E-state index contributed by atoms with van der Waals surface area (Å²) < 4.78 is 1.55. The maximum absolute atomic E-state index is 10.9. The van der Waals surface area contributed by atoms with Crippen molar-refractivity contribution in [1.29, 1.82) is 0 Å². The number of aromatic nitrogens is 1. The van der Waals surface area contributed by atoms with Crippen molar-refractivity contribution in [2.45, 2.75) is 6.54 Å². The number of nitro benzene ring substituents is 1. The van der Waals surface area contributed by atoms with Gasteiger partial charge in [0.05, 0.1) is 16.8 Å². The van der Waals surface area contributed by atoms with Crippen LogP contribution in [0.25, 0.3) is 0 Å². The van der Waals surface area contributed by atoms with E-state index in [-0.39, 0.29) is 10.6 Å². The molecule has 0 bridgehead atoms. The van der Waals surface area contributed by atoms with Crippen LogP contribution in [0.15, 0.2) is 45.6 Å². The van der Waals surface area contributed by atoms with E-state index in [1.54, 1.807) is 24.4 Å². The van der Waals surface area contributed by atoms with Crippen LogP contribution in [-0.4, -0.2) is 9.91 Å². The molecule has 98 valence electrons. The maximum Gasteiger partial charge on any atom is 0.274 e. The molecule has 1 aromatic carbocycles. The summed E-state index contributed by atoms with van der Waals surface area (Å²) in [4.78, 5) is 14.6. The van der Waals surface area contributed by atoms with E-state index >= 15 is 0 Å². The Labute approximate surface area is 126 Å². The summed E-state index contributed by atoms with van der Waals surface area (Å²) in [6.45, 7) is 0.360. The molecule has 19 heavy (non-hydrogen) atoms. The molecule has 1 N–H and O–H groups in total. The lowest BCUT2D eigenvalue weighted by molar-refractivity contribution is -0.385. The number of halogens is 2. The number of hydrogen-bond acceptors (Lipinski definition) is 4. The van der Waals surface area contributed by atoms with Crippen LogP contribution in [-0.2, 0) is 6.54 Å². The minimum atomic E-state index is -0.386. The summed E-state index contributed by atoms with van der Waals surface area (Å²) in [5.41, 5.74) is 1.51. The fraction of sp³-hybridized carbons (Fsp3) is 0.0833. The molecule has 0 saturated carbocycles. The fourth-order valence-electron chi connectivity index (χ4n) is 1.55. The van der Waals surface area contributed by atoms with Gasteiger partial charge in [-0.25, -0.2) is 4.98 Å². The first-order valence-corrected chi connectivity index (χ1v) is 6.93. The van der Waals surface area contributed by atoms with Crippen molar-refractivity contribution >= 4 is 43.2 Å². The lowest BCUT2D eigenvalue weighted by Gasteiger charge is -2.07. The molecule has 0 atom stereocenters. The zero-order valence-corrected chi connectivity index (χ0v) is 12.8. The molecule has 0 amide bonds. The molecule has 0 aliphatic carbocycles. The Bertz CT molecular complexity index is 602. The average Bonchev–Trinajstić information content (AvgIpc) is 2.38.